The Balaban J connectivity index is 1.82. The Morgan fingerprint density at radius 1 is 1.20 bits per heavy atom. The Bertz CT molecular complexity index is 892. The van der Waals surface area contributed by atoms with Crippen LogP contribution in [0.5, 0.6) is 11.6 Å². The lowest BCUT2D eigenvalue weighted by Gasteiger charge is -2.11. The van der Waals surface area contributed by atoms with Crippen LogP contribution in [0, 0.1) is 5.82 Å². The Hall–Kier alpha value is -2.42. The predicted octanol–water partition coefficient (Wildman–Crippen LogP) is 3.17. The van der Waals surface area contributed by atoms with E-state index in [0.29, 0.717) is 27.6 Å². The van der Waals surface area contributed by atoms with E-state index in [1.807, 2.05) is 18.2 Å². The van der Waals surface area contributed by atoms with Gasteiger partial charge < -0.3 is 9.47 Å². The molecule has 0 saturated carbocycles. The molecule has 8 heteroatoms. The van der Waals surface area contributed by atoms with E-state index in [4.69, 9.17) is 15.3 Å². The number of benzene rings is 2. The number of ether oxygens (including phenoxy) is 2. The third-order valence-electron chi connectivity index (χ3n) is 3.36. The summed E-state index contributed by atoms with van der Waals surface area (Å²) in [5.41, 5.74) is 1.40. The Morgan fingerprint density at radius 3 is 2.80 bits per heavy atom. The molecule has 0 unspecified atom stereocenters. The van der Waals surface area contributed by atoms with E-state index in [-0.39, 0.29) is 12.4 Å². The largest absolute Gasteiger partial charge is 0.497 e. The summed E-state index contributed by atoms with van der Waals surface area (Å²) >= 11 is 1.23. The van der Waals surface area contributed by atoms with Gasteiger partial charge in [0.25, 0.3) is 0 Å². The number of nitrogens with two attached hydrogens (primary N) is 1. The fourth-order valence-corrected chi connectivity index (χ4v) is 3.03. The number of rotatable bonds is 6. The van der Waals surface area contributed by atoms with E-state index in [1.165, 1.54) is 34.8 Å². The molecule has 130 valence electrons. The molecule has 0 radical (unpaired) electrons. The first-order valence-electron chi connectivity index (χ1n) is 7.42. The Kier molecular flexibility index (Phi) is 5.32. The molecule has 6 nitrogen and oxygen atoms in total. The summed E-state index contributed by atoms with van der Waals surface area (Å²) in [5, 5.41) is 0.760. The van der Waals surface area contributed by atoms with Crippen molar-refractivity contribution in [2.45, 2.75) is 11.5 Å². The Morgan fingerprint density at radius 2 is 2.04 bits per heavy atom. The van der Waals surface area contributed by atoms with E-state index in [2.05, 4.69) is 9.97 Å². The number of hydrazine groups is 1. The molecule has 0 aliphatic rings. The van der Waals surface area contributed by atoms with Crippen LogP contribution in [0.2, 0.25) is 0 Å². The molecule has 0 aliphatic carbocycles. The van der Waals surface area contributed by atoms with Gasteiger partial charge in [0, 0.05) is 18.0 Å². The van der Waals surface area contributed by atoms with Gasteiger partial charge in [0.05, 0.1) is 18.0 Å². The molecule has 0 amide bonds. The summed E-state index contributed by atoms with van der Waals surface area (Å²) in [4.78, 5) is 9.08. The second kappa shape index (κ2) is 7.64. The maximum atomic E-state index is 13.8. The van der Waals surface area contributed by atoms with Gasteiger partial charge in [-0.05, 0) is 47.8 Å². The SMILES string of the molecule is COc1ccc2c(OCc3cc(F)cc(SN(C)N)c3)ncnc2c1. The molecular formula is C17H17FN4O2S. The molecule has 0 bridgehead atoms. The summed E-state index contributed by atoms with van der Waals surface area (Å²) in [5.74, 6) is 6.38. The van der Waals surface area contributed by atoms with Crippen molar-refractivity contribution < 1.29 is 13.9 Å². The van der Waals surface area contributed by atoms with Crippen molar-refractivity contribution in [2.24, 2.45) is 5.84 Å². The molecule has 1 heterocycles. The average molecular weight is 360 g/mol. The topological polar surface area (TPSA) is 73.5 Å². The first-order valence-corrected chi connectivity index (χ1v) is 8.20. The van der Waals surface area contributed by atoms with E-state index in [1.54, 1.807) is 20.2 Å². The second-order valence-corrected chi connectivity index (χ2v) is 6.51. The van der Waals surface area contributed by atoms with Crippen molar-refractivity contribution in [1.82, 2.24) is 14.4 Å². The van der Waals surface area contributed by atoms with E-state index < -0.39 is 0 Å². The van der Waals surface area contributed by atoms with Gasteiger partial charge in [-0.25, -0.2) is 14.4 Å². The van der Waals surface area contributed by atoms with Gasteiger partial charge in [-0.15, -0.1) is 0 Å². The highest BCUT2D eigenvalue weighted by atomic mass is 32.2. The summed E-state index contributed by atoms with van der Waals surface area (Å²) in [6.07, 6.45) is 1.42. The zero-order valence-corrected chi connectivity index (χ0v) is 14.6. The lowest BCUT2D eigenvalue weighted by molar-refractivity contribution is 0.296. The molecule has 25 heavy (non-hydrogen) atoms. The van der Waals surface area contributed by atoms with Crippen molar-refractivity contribution >= 4 is 22.9 Å². The zero-order chi connectivity index (χ0) is 17.8. The summed E-state index contributed by atoms with van der Waals surface area (Å²) in [7, 11) is 3.28. The smallest absolute Gasteiger partial charge is 0.224 e. The molecule has 0 atom stereocenters. The third kappa shape index (κ3) is 4.36. The van der Waals surface area contributed by atoms with Gasteiger partial charge in [0.1, 0.15) is 24.5 Å². The minimum absolute atomic E-state index is 0.178. The van der Waals surface area contributed by atoms with Crippen molar-refractivity contribution in [1.29, 1.82) is 0 Å². The number of nitrogens with zero attached hydrogens (tertiary/aromatic N) is 3. The molecule has 0 aliphatic heterocycles. The lowest BCUT2D eigenvalue weighted by atomic mass is 10.2. The lowest BCUT2D eigenvalue weighted by Crippen LogP contribution is -2.16. The van der Waals surface area contributed by atoms with Gasteiger partial charge in [0.15, 0.2) is 0 Å². The van der Waals surface area contributed by atoms with Crippen molar-refractivity contribution in [3.8, 4) is 11.6 Å². The second-order valence-electron chi connectivity index (χ2n) is 5.28. The molecule has 0 fully saturated rings. The molecular weight excluding hydrogens is 343 g/mol. The quantitative estimate of drug-likeness (QED) is 0.411. The minimum atomic E-state index is -0.345. The van der Waals surface area contributed by atoms with Gasteiger partial charge >= 0.3 is 0 Å². The minimum Gasteiger partial charge on any atom is -0.497 e. The highest BCUT2D eigenvalue weighted by molar-refractivity contribution is 7.97. The maximum absolute atomic E-state index is 13.8. The zero-order valence-electron chi connectivity index (χ0n) is 13.8. The van der Waals surface area contributed by atoms with Gasteiger partial charge in [-0.2, -0.15) is 4.41 Å². The fraction of sp³-hybridized carbons (Fsp3) is 0.176. The molecule has 1 aromatic heterocycles. The molecule has 0 saturated heterocycles. The molecule has 0 spiro atoms. The Labute approximate surface area is 148 Å². The number of hydrogen-bond acceptors (Lipinski definition) is 7. The number of halogens is 1. The van der Waals surface area contributed by atoms with E-state index in [0.717, 1.165) is 5.39 Å². The summed E-state index contributed by atoms with van der Waals surface area (Å²) in [6, 6.07) is 10.1. The van der Waals surface area contributed by atoms with Crippen molar-refractivity contribution in [3.05, 3.63) is 54.1 Å². The molecule has 2 aromatic carbocycles. The maximum Gasteiger partial charge on any atom is 0.224 e. The van der Waals surface area contributed by atoms with Crippen LogP contribution in [0.15, 0.2) is 47.6 Å². The summed E-state index contributed by atoms with van der Waals surface area (Å²) in [6.45, 7) is 0.178. The highest BCUT2D eigenvalue weighted by Crippen LogP contribution is 2.27. The van der Waals surface area contributed by atoms with Gasteiger partial charge in [-0.3, -0.25) is 5.84 Å². The molecule has 3 rings (SSSR count). The van der Waals surface area contributed by atoms with E-state index in [9.17, 15) is 4.39 Å². The van der Waals surface area contributed by atoms with Crippen LogP contribution in [0.4, 0.5) is 4.39 Å². The normalized spacial score (nSPS) is 11.1. The van der Waals surface area contributed by atoms with Gasteiger partial charge in [0.2, 0.25) is 5.88 Å². The molecule has 2 N–H and O–H groups in total. The monoisotopic (exact) mass is 360 g/mol. The predicted molar refractivity (Wildman–Crippen MR) is 94.6 cm³/mol. The molecule has 3 aromatic rings. The first-order chi connectivity index (χ1) is 12.0. The van der Waals surface area contributed by atoms with Crippen LogP contribution in [0.3, 0.4) is 0 Å². The number of methoxy groups -OCH3 is 1. The van der Waals surface area contributed by atoms with E-state index >= 15 is 0 Å². The average Bonchev–Trinajstić information content (AvgIpc) is 2.58. The summed E-state index contributed by atoms with van der Waals surface area (Å²) < 4.78 is 26.2. The number of fused-ring (bicyclic) bond motifs is 1. The third-order valence-corrected chi connectivity index (χ3v) is 4.10. The van der Waals surface area contributed by atoms with Crippen LogP contribution >= 0.6 is 11.9 Å². The van der Waals surface area contributed by atoms with Crippen LogP contribution in [0.1, 0.15) is 5.56 Å². The van der Waals surface area contributed by atoms with Crippen LogP contribution in [-0.2, 0) is 6.61 Å². The van der Waals surface area contributed by atoms with Crippen LogP contribution < -0.4 is 15.3 Å². The number of hydrogen-bond donors (Lipinski definition) is 1. The standard InChI is InChI=1S/C17H17FN4O2S/c1-22(19)25-14-6-11(5-12(18)7-14)9-24-17-15-4-3-13(23-2)8-16(15)20-10-21-17/h3-8,10H,9,19H2,1-2H3. The van der Waals surface area contributed by atoms with Gasteiger partial charge in [-0.1, -0.05) is 0 Å². The highest BCUT2D eigenvalue weighted by Gasteiger charge is 2.08. The van der Waals surface area contributed by atoms with Crippen molar-refractivity contribution in [3.63, 3.8) is 0 Å². The number of aromatic nitrogens is 2. The first kappa shape index (κ1) is 17.4. The van der Waals surface area contributed by atoms with Crippen LogP contribution in [0.25, 0.3) is 10.9 Å². The van der Waals surface area contributed by atoms with Crippen molar-refractivity contribution in [2.75, 3.05) is 14.2 Å². The fourth-order valence-electron chi connectivity index (χ4n) is 2.33. The van der Waals surface area contributed by atoms with Crippen LogP contribution in [-0.4, -0.2) is 28.5 Å².